The fourth-order valence-corrected chi connectivity index (χ4v) is 4.02. The van der Waals surface area contributed by atoms with Crippen molar-refractivity contribution in [3.8, 4) is 0 Å². The van der Waals surface area contributed by atoms with Gasteiger partial charge in [0.1, 0.15) is 6.10 Å². The second-order valence-electron chi connectivity index (χ2n) is 8.09. The lowest BCUT2D eigenvalue weighted by Crippen LogP contribution is -2.60. The van der Waals surface area contributed by atoms with Gasteiger partial charge in [-0.15, -0.1) is 0 Å². The van der Waals surface area contributed by atoms with Crippen LogP contribution in [0.5, 0.6) is 0 Å². The van der Waals surface area contributed by atoms with Gasteiger partial charge in [0, 0.05) is 5.56 Å². The number of rotatable bonds is 7. The van der Waals surface area contributed by atoms with Crippen LogP contribution in [0.3, 0.4) is 0 Å². The first kappa shape index (κ1) is 21.9. The highest BCUT2D eigenvalue weighted by atomic mass is 16.8. The maximum Gasteiger partial charge on any atom is 0.198 e. The number of ether oxygens (including phenoxy) is 5. The molecule has 2 heterocycles. The topological polar surface area (TPSA) is 63.2 Å². The normalized spacial score (nSPS) is 27.2. The first-order valence-electron chi connectivity index (χ1n) is 11.1. The van der Waals surface area contributed by atoms with E-state index in [1.807, 2.05) is 91.0 Å². The quantitative estimate of drug-likeness (QED) is 0.542. The Morgan fingerprint density at radius 2 is 1.30 bits per heavy atom. The van der Waals surface area contributed by atoms with E-state index in [1.54, 1.807) is 0 Å². The molecular formula is C27H26O6. The van der Waals surface area contributed by atoms with E-state index < -0.39 is 30.9 Å². The molecule has 0 aliphatic carbocycles. The van der Waals surface area contributed by atoms with Gasteiger partial charge < -0.3 is 23.7 Å². The van der Waals surface area contributed by atoms with Crippen LogP contribution in [0.1, 0.15) is 23.0 Å². The van der Waals surface area contributed by atoms with Crippen LogP contribution in [0, 0.1) is 0 Å². The third-order valence-electron chi connectivity index (χ3n) is 5.74. The molecule has 0 spiro atoms. The summed E-state index contributed by atoms with van der Waals surface area (Å²) < 4.78 is 30.1. The van der Waals surface area contributed by atoms with Gasteiger partial charge in [-0.3, -0.25) is 4.79 Å². The summed E-state index contributed by atoms with van der Waals surface area (Å²) in [5.74, 6) is -0.190. The second kappa shape index (κ2) is 10.4. The zero-order valence-corrected chi connectivity index (χ0v) is 18.1. The Morgan fingerprint density at radius 1 is 0.727 bits per heavy atom. The zero-order chi connectivity index (χ0) is 22.5. The summed E-state index contributed by atoms with van der Waals surface area (Å²) >= 11 is 0. The van der Waals surface area contributed by atoms with Crippen molar-refractivity contribution in [2.45, 2.75) is 44.1 Å². The van der Waals surface area contributed by atoms with Gasteiger partial charge >= 0.3 is 0 Å². The van der Waals surface area contributed by atoms with Gasteiger partial charge in [0.25, 0.3) is 0 Å². The summed E-state index contributed by atoms with van der Waals surface area (Å²) in [6.07, 6.45) is -3.75. The molecule has 0 radical (unpaired) electrons. The molecule has 2 aliphatic rings. The highest BCUT2D eigenvalue weighted by Gasteiger charge is 2.50. The Labute approximate surface area is 193 Å². The molecule has 0 N–H and O–H groups in total. The molecule has 170 valence electrons. The number of ketones is 1. The summed E-state index contributed by atoms with van der Waals surface area (Å²) in [6.45, 7) is 0.796. The van der Waals surface area contributed by atoms with Crippen molar-refractivity contribution in [3.05, 3.63) is 108 Å². The zero-order valence-electron chi connectivity index (χ0n) is 18.1. The molecule has 5 atom stereocenters. The van der Waals surface area contributed by atoms with Gasteiger partial charge in [-0.1, -0.05) is 91.0 Å². The predicted octanol–water partition coefficient (Wildman–Crippen LogP) is 4.20. The number of fused-ring (bicyclic) bond motifs is 1. The molecule has 0 amide bonds. The van der Waals surface area contributed by atoms with Crippen molar-refractivity contribution in [3.63, 3.8) is 0 Å². The molecule has 2 fully saturated rings. The van der Waals surface area contributed by atoms with Gasteiger partial charge in [0.15, 0.2) is 30.6 Å². The first-order valence-corrected chi connectivity index (χ1v) is 11.1. The van der Waals surface area contributed by atoms with Crippen molar-refractivity contribution in [1.82, 2.24) is 0 Å². The Morgan fingerprint density at radius 3 is 1.94 bits per heavy atom. The minimum Gasteiger partial charge on any atom is -0.360 e. The van der Waals surface area contributed by atoms with Crippen LogP contribution in [0.4, 0.5) is 0 Å². The maximum absolute atomic E-state index is 13.5. The number of carbonyl (C=O) groups excluding carboxylic acids is 1. The van der Waals surface area contributed by atoms with Crippen LogP contribution in [-0.4, -0.2) is 37.0 Å². The van der Waals surface area contributed by atoms with Crippen LogP contribution in [-0.2, 0) is 41.7 Å². The lowest BCUT2D eigenvalue weighted by molar-refractivity contribution is -0.323. The van der Waals surface area contributed by atoms with Crippen LogP contribution in [0.15, 0.2) is 91.0 Å². The van der Waals surface area contributed by atoms with E-state index in [2.05, 4.69) is 0 Å². The van der Waals surface area contributed by atoms with E-state index in [1.165, 1.54) is 0 Å². The van der Waals surface area contributed by atoms with E-state index in [4.69, 9.17) is 23.7 Å². The summed E-state index contributed by atoms with van der Waals surface area (Å²) in [6, 6.07) is 29.0. The third-order valence-corrected chi connectivity index (χ3v) is 5.74. The molecule has 5 rings (SSSR count). The van der Waals surface area contributed by atoms with E-state index in [-0.39, 0.29) is 19.0 Å². The predicted molar refractivity (Wildman–Crippen MR) is 120 cm³/mol. The molecular weight excluding hydrogens is 420 g/mol. The molecule has 0 saturated carbocycles. The van der Waals surface area contributed by atoms with Crippen LogP contribution in [0.25, 0.3) is 0 Å². The van der Waals surface area contributed by atoms with E-state index >= 15 is 0 Å². The largest absolute Gasteiger partial charge is 0.360 e. The molecule has 6 heteroatoms. The number of Topliss-reactive ketones (excluding diaryl/α,β-unsaturated/α-hetero) is 1. The number of hydrogen-bond donors (Lipinski definition) is 0. The fourth-order valence-electron chi connectivity index (χ4n) is 4.02. The Kier molecular flexibility index (Phi) is 6.90. The van der Waals surface area contributed by atoms with Gasteiger partial charge in [-0.05, 0) is 11.1 Å². The van der Waals surface area contributed by atoms with Gasteiger partial charge in [0.2, 0.25) is 0 Å². The highest BCUT2D eigenvalue weighted by Crippen LogP contribution is 2.34. The Hall–Kier alpha value is -2.87. The molecule has 2 aliphatic heterocycles. The Bertz CT molecular complexity index is 1030. The minimum atomic E-state index is -0.912. The van der Waals surface area contributed by atoms with Crippen molar-refractivity contribution in [2.24, 2.45) is 0 Å². The molecule has 3 aromatic rings. The monoisotopic (exact) mass is 446 g/mol. The van der Waals surface area contributed by atoms with Crippen molar-refractivity contribution in [1.29, 1.82) is 0 Å². The highest BCUT2D eigenvalue weighted by molar-refractivity contribution is 5.89. The lowest BCUT2D eigenvalue weighted by Gasteiger charge is -2.43. The summed E-state index contributed by atoms with van der Waals surface area (Å²) in [7, 11) is 0. The van der Waals surface area contributed by atoms with Gasteiger partial charge in [0.05, 0.1) is 19.8 Å². The van der Waals surface area contributed by atoms with Crippen LogP contribution in [0.2, 0.25) is 0 Å². The van der Waals surface area contributed by atoms with Gasteiger partial charge in [-0.2, -0.15) is 0 Å². The standard InChI is InChI=1S/C27H26O6/c28-23-24-22(18-31-26(33-24)21-14-8-3-9-15-21)32-27(30-17-20-12-6-2-7-13-20)25(23)29-16-19-10-4-1-5-11-19/h1-15,22,24-27H,16-18H2/t22-,24-,25-,26?,27+/m1/s1. The van der Waals surface area contributed by atoms with Crippen LogP contribution >= 0.6 is 0 Å². The maximum atomic E-state index is 13.5. The average Bonchev–Trinajstić information content (AvgIpc) is 2.88. The average molecular weight is 446 g/mol. The molecule has 0 aromatic heterocycles. The smallest absolute Gasteiger partial charge is 0.198 e. The van der Waals surface area contributed by atoms with Gasteiger partial charge in [-0.25, -0.2) is 0 Å². The first-order chi connectivity index (χ1) is 16.3. The number of hydrogen-bond acceptors (Lipinski definition) is 6. The van der Waals surface area contributed by atoms with Crippen molar-refractivity contribution >= 4 is 5.78 Å². The van der Waals surface area contributed by atoms with Crippen LogP contribution < -0.4 is 0 Å². The molecule has 3 aromatic carbocycles. The molecule has 33 heavy (non-hydrogen) atoms. The third kappa shape index (κ3) is 5.21. The summed E-state index contributed by atoms with van der Waals surface area (Å²) in [5.41, 5.74) is 2.80. The van der Waals surface area contributed by atoms with Crippen molar-refractivity contribution < 1.29 is 28.5 Å². The summed E-state index contributed by atoms with van der Waals surface area (Å²) in [5, 5.41) is 0. The molecule has 0 bridgehead atoms. The van der Waals surface area contributed by atoms with E-state index in [9.17, 15) is 4.79 Å². The van der Waals surface area contributed by atoms with E-state index in [0.29, 0.717) is 6.61 Å². The Balaban J connectivity index is 1.32. The molecule has 2 saturated heterocycles. The number of carbonyl (C=O) groups is 1. The lowest BCUT2D eigenvalue weighted by atomic mass is 9.99. The molecule has 1 unspecified atom stereocenters. The SMILES string of the molecule is O=C1[C@@H](OCc2ccccc2)[C@@H](OCc2ccccc2)O[C@@H]2COC(c3ccccc3)O[C@@H]12. The van der Waals surface area contributed by atoms with E-state index in [0.717, 1.165) is 16.7 Å². The minimum absolute atomic E-state index is 0.190. The molecule has 6 nitrogen and oxygen atoms in total. The fraction of sp³-hybridized carbons (Fsp3) is 0.296. The van der Waals surface area contributed by atoms with Crippen molar-refractivity contribution in [2.75, 3.05) is 6.61 Å². The summed E-state index contributed by atoms with van der Waals surface area (Å²) in [4.78, 5) is 13.5. The second-order valence-corrected chi connectivity index (χ2v) is 8.09. The number of benzene rings is 3.